The van der Waals surface area contributed by atoms with E-state index in [4.69, 9.17) is 0 Å². The zero-order chi connectivity index (χ0) is 13.4. The van der Waals surface area contributed by atoms with Gasteiger partial charge in [0, 0.05) is 0 Å². The summed E-state index contributed by atoms with van der Waals surface area (Å²) < 4.78 is 0. The Bertz CT molecular complexity index is 724. The molecule has 4 rings (SSSR count). The van der Waals surface area contributed by atoms with E-state index in [9.17, 15) is 0 Å². The Morgan fingerprint density at radius 3 is 2.10 bits per heavy atom. The molecule has 96 valence electrons. The zero-order valence-corrected chi connectivity index (χ0v) is 11.7. The lowest BCUT2D eigenvalue weighted by Gasteiger charge is -2.05. The minimum atomic E-state index is 1.30. The van der Waals surface area contributed by atoms with Crippen LogP contribution in [-0.4, -0.2) is 0 Å². The standard InChI is InChI=1S/C19H13S/c1-3-8-14(9-4-1)18-16-12-7-13-17(16)19(20-18)15-10-5-2-6-11-15/h1-13H/q-1. The molecular formula is C19H13S-. The number of rotatable bonds is 2. The third kappa shape index (κ3) is 1.79. The molecule has 20 heavy (non-hydrogen) atoms. The highest BCUT2D eigenvalue weighted by molar-refractivity contribution is 7.20. The summed E-state index contributed by atoms with van der Waals surface area (Å²) in [6.45, 7) is 0. The van der Waals surface area contributed by atoms with Crippen LogP contribution in [0.3, 0.4) is 0 Å². The van der Waals surface area contributed by atoms with Crippen LogP contribution in [0.5, 0.6) is 0 Å². The van der Waals surface area contributed by atoms with Gasteiger partial charge in [0.2, 0.25) is 0 Å². The van der Waals surface area contributed by atoms with Gasteiger partial charge in [-0.25, -0.2) is 11.3 Å². The molecule has 0 nitrogen and oxygen atoms in total. The topological polar surface area (TPSA) is 0 Å². The van der Waals surface area contributed by atoms with E-state index in [-0.39, 0.29) is 0 Å². The van der Waals surface area contributed by atoms with E-state index < -0.39 is 0 Å². The maximum absolute atomic E-state index is 2.22. The molecule has 0 spiro atoms. The number of fused-ring (bicyclic) bond motifs is 1. The molecule has 2 aliphatic rings. The third-order valence-electron chi connectivity index (χ3n) is 3.58. The van der Waals surface area contributed by atoms with Crippen LogP contribution in [0.25, 0.3) is 32.0 Å². The van der Waals surface area contributed by atoms with Crippen molar-refractivity contribution >= 4 is 11.3 Å². The van der Waals surface area contributed by atoms with E-state index in [1.54, 1.807) is 0 Å². The molecule has 0 aromatic heterocycles. The largest absolute Gasteiger partial charge is 0.210 e. The lowest BCUT2D eigenvalue weighted by Crippen LogP contribution is -1.74. The summed E-state index contributed by atoms with van der Waals surface area (Å²) in [6, 6.07) is 27.9. The van der Waals surface area contributed by atoms with Crippen molar-refractivity contribution in [2.75, 3.05) is 0 Å². The molecule has 0 unspecified atom stereocenters. The molecule has 0 radical (unpaired) electrons. The van der Waals surface area contributed by atoms with Gasteiger partial charge in [0.25, 0.3) is 0 Å². The zero-order valence-electron chi connectivity index (χ0n) is 10.9. The average Bonchev–Trinajstić information content (AvgIpc) is 3.11. The summed E-state index contributed by atoms with van der Waals surface area (Å²) in [5, 5.41) is 0. The van der Waals surface area contributed by atoms with Crippen LogP contribution in [0, 0.1) is 0 Å². The lowest BCUT2D eigenvalue weighted by atomic mass is 10.0. The summed E-state index contributed by atoms with van der Waals surface area (Å²) in [5.74, 6) is 0. The van der Waals surface area contributed by atoms with E-state index in [1.165, 1.54) is 32.0 Å². The van der Waals surface area contributed by atoms with Crippen LogP contribution in [0.2, 0.25) is 0 Å². The first-order valence-electron chi connectivity index (χ1n) is 6.72. The van der Waals surface area contributed by atoms with Gasteiger partial charge in [0.1, 0.15) is 0 Å². The fraction of sp³-hybridized carbons (Fsp3) is 0. The average molecular weight is 273 g/mol. The SMILES string of the molecule is c1ccc(-c2s[c-](-c3ccccc3)c3cccc2-3)cc1. The minimum absolute atomic E-state index is 1.30. The van der Waals surface area contributed by atoms with Gasteiger partial charge in [-0.15, -0.1) is 18.2 Å². The summed E-state index contributed by atoms with van der Waals surface area (Å²) in [4.78, 5) is 2.73. The Kier molecular flexibility index (Phi) is 2.71. The van der Waals surface area contributed by atoms with Gasteiger partial charge < -0.3 is 0 Å². The summed E-state index contributed by atoms with van der Waals surface area (Å²) >= 11 is 1.89. The predicted molar refractivity (Wildman–Crippen MR) is 87.4 cm³/mol. The highest BCUT2D eigenvalue weighted by Crippen LogP contribution is 2.48. The molecule has 0 saturated heterocycles. The van der Waals surface area contributed by atoms with Crippen molar-refractivity contribution in [3.63, 3.8) is 0 Å². The van der Waals surface area contributed by atoms with Gasteiger partial charge in [0.15, 0.2) is 0 Å². The lowest BCUT2D eigenvalue weighted by molar-refractivity contribution is 1.69. The summed E-state index contributed by atoms with van der Waals surface area (Å²) in [6.07, 6.45) is 0. The van der Waals surface area contributed by atoms with Gasteiger partial charge in [-0.05, 0) is 15.3 Å². The Balaban J connectivity index is 1.94. The Morgan fingerprint density at radius 2 is 1.35 bits per heavy atom. The van der Waals surface area contributed by atoms with Gasteiger partial charge in [-0.1, -0.05) is 77.4 Å². The highest BCUT2D eigenvalue weighted by Gasteiger charge is 2.12. The quantitative estimate of drug-likeness (QED) is 0.398. The molecule has 0 bridgehead atoms. The van der Waals surface area contributed by atoms with Crippen molar-refractivity contribution in [1.82, 2.24) is 0 Å². The van der Waals surface area contributed by atoms with Crippen LogP contribution in [0.4, 0.5) is 0 Å². The fourth-order valence-corrected chi connectivity index (χ4v) is 3.92. The van der Waals surface area contributed by atoms with Gasteiger partial charge in [0.05, 0.1) is 0 Å². The Hall–Kier alpha value is -2.25. The second-order valence-electron chi connectivity index (χ2n) is 4.85. The first kappa shape index (κ1) is 11.6. The first-order valence-corrected chi connectivity index (χ1v) is 7.54. The molecule has 0 N–H and O–H groups in total. The van der Waals surface area contributed by atoms with Gasteiger partial charge in [-0.2, -0.15) is 0 Å². The van der Waals surface area contributed by atoms with E-state index >= 15 is 0 Å². The van der Waals surface area contributed by atoms with E-state index in [2.05, 4.69) is 78.9 Å². The molecule has 0 saturated carbocycles. The maximum Gasteiger partial charge on any atom is -0.0310 e. The van der Waals surface area contributed by atoms with Crippen LogP contribution in [0.1, 0.15) is 0 Å². The predicted octanol–water partition coefficient (Wildman–Crippen LogP) is 5.91. The molecule has 0 amide bonds. The normalized spacial score (nSPS) is 11.0. The number of hydrogen-bond acceptors (Lipinski definition) is 1. The van der Waals surface area contributed by atoms with E-state index in [0.29, 0.717) is 0 Å². The first-order chi connectivity index (χ1) is 9.93. The minimum Gasteiger partial charge on any atom is -0.210 e. The van der Waals surface area contributed by atoms with Crippen LogP contribution in [0.15, 0.2) is 78.9 Å². The van der Waals surface area contributed by atoms with Crippen LogP contribution in [-0.2, 0) is 0 Å². The number of hydrogen-bond donors (Lipinski definition) is 0. The smallest absolute Gasteiger partial charge is 0.0310 e. The van der Waals surface area contributed by atoms with E-state index in [0.717, 1.165) is 0 Å². The molecule has 1 aliphatic heterocycles. The molecule has 0 fully saturated rings. The second kappa shape index (κ2) is 4.69. The van der Waals surface area contributed by atoms with Crippen molar-refractivity contribution in [3.8, 4) is 32.0 Å². The molecule has 0 atom stereocenters. The monoisotopic (exact) mass is 273 g/mol. The number of thiophene rings is 1. The van der Waals surface area contributed by atoms with E-state index in [1.807, 2.05) is 11.3 Å². The maximum atomic E-state index is 2.22. The van der Waals surface area contributed by atoms with Gasteiger partial charge >= 0.3 is 0 Å². The Morgan fingerprint density at radius 1 is 0.650 bits per heavy atom. The number of benzene rings is 2. The molecule has 2 aromatic carbocycles. The van der Waals surface area contributed by atoms with Crippen LogP contribution >= 0.6 is 11.3 Å². The van der Waals surface area contributed by atoms with Crippen molar-refractivity contribution in [2.45, 2.75) is 0 Å². The Labute approximate surface area is 122 Å². The summed E-state index contributed by atoms with van der Waals surface area (Å²) in [5.41, 5.74) is 5.33. The molecule has 2 aromatic rings. The molecule has 1 heteroatoms. The van der Waals surface area contributed by atoms with Crippen molar-refractivity contribution < 1.29 is 0 Å². The molecular weight excluding hydrogens is 260 g/mol. The van der Waals surface area contributed by atoms with Crippen LogP contribution < -0.4 is 0 Å². The third-order valence-corrected chi connectivity index (χ3v) is 4.90. The van der Waals surface area contributed by atoms with Crippen molar-refractivity contribution in [2.24, 2.45) is 0 Å². The summed E-state index contributed by atoms with van der Waals surface area (Å²) in [7, 11) is 0. The van der Waals surface area contributed by atoms with Crippen molar-refractivity contribution in [1.29, 1.82) is 0 Å². The highest BCUT2D eigenvalue weighted by atomic mass is 32.1. The van der Waals surface area contributed by atoms with Crippen molar-refractivity contribution in [3.05, 3.63) is 78.9 Å². The fourth-order valence-electron chi connectivity index (χ4n) is 2.64. The molecule has 1 aliphatic carbocycles. The molecule has 1 heterocycles. The van der Waals surface area contributed by atoms with Gasteiger partial charge in [-0.3, -0.25) is 0 Å². The second-order valence-corrected chi connectivity index (χ2v) is 5.87.